The Morgan fingerprint density at radius 3 is 2.76 bits per heavy atom. The molecule has 0 saturated carbocycles. The number of ether oxygens (including phenoxy) is 1. The van der Waals surface area contributed by atoms with E-state index in [0.29, 0.717) is 12.3 Å². The number of carbonyl (C=O) groups is 1. The summed E-state index contributed by atoms with van der Waals surface area (Å²) in [6.07, 6.45) is 4.46. The average Bonchev–Trinajstić information content (AvgIpc) is 3.02. The fraction of sp³-hybridized carbons (Fsp3) is 0.444. The molecular weight excluding hydrogens is 320 g/mol. The van der Waals surface area contributed by atoms with Crippen LogP contribution in [0.3, 0.4) is 0 Å². The molecule has 7 nitrogen and oxygen atoms in total. The molecule has 1 fully saturated rings. The van der Waals surface area contributed by atoms with Gasteiger partial charge in [-0.25, -0.2) is 4.79 Å². The molecule has 134 valence electrons. The van der Waals surface area contributed by atoms with Gasteiger partial charge in [0.05, 0.1) is 5.69 Å². The van der Waals surface area contributed by atoms with Crippen molar-refractivity contribution in [3.05, 3.63) is 30.5 Å². The quantitative estimate of drug-likeness (QED) is 0.842. The van der Waals surface area contributed by atoms with E-state index >= 15 is 0 Å². The Morgan fingerprint density at radius 1 is 1.28 bits per heavy atom. The van der Waals surface area contributed by atoms with Gasteiger partial charge in [-0.1, -0.05) is 6.42 Å². The summed E-state index contributed by atoms with van der Waals surface area (Å²) in [5.74, 6) is 0.733. The molecule has 1 saturated heterocycles. The molecule has 0 unspecified atom stereocenters. The molecule has 1 amide bonds. The molecule has 3 rings (SSSR count). The Morgan fingerprint density at radius 2 is 2.08 bits per heavy atom. The molecule has 0 radical (unpaired) electrons. The standard InChI is InChI=1S/C18H24N4O3/c1-21-16(7-8-19-21)15-13-14(20-18(23)24)5-6-17(15)25-12-11-22-9-3-2-4-10-22/h5-8,13,20H,2-4,9-12H2,1H3,(H,23,24). The molecule has 1 aliphatic rings. The van der Waals surface area contributed by atoms with Crippen molar-refractivity contribution in [1.29, 1.82) is 0 Å². The lowest BCUT2D eigenvalue weighted by molar-refractivity contribution is 0.183. The summed E-state index contributed by atoms with van der Waals surface area (Å²) in [4.78, 5) is 13.3. The molecule has 0 aliphatic carbocycles. The molecule has 2 N–H and O–H groups in total. The molecule has 1 aliphatic heterocycles. The molecule has 1 aromatic carbocycles. The largest absolute Gasteiger partial charge is 0.492 e. The summed E-state index contributed by atoms with van der Waals surface area (Å²) in [5.41, 5.74) is 2.21. The second-order valence-corrected chi connectivity index (χ2v) is 6.23. The summed E-state index contributed by atoms with van der Waals surface area (Å²) in [6.45, 7) is 3.79. The fourth-order valence-corrected chi connectivity index (χ4v) is 3.16. The SMILES string of the molecule is Cn1nccc1-c1cc(NC(=O)O)ccc1OCCN1CCCCC1. The van der Waals surface area contributed by atoms with Gasteiger partial charge in [-0.3, -0.25) is 14.9 Å². The first-order chi connectivity index (χ1) is 12.1. The van der Waals surface area contributed by atoms with Crippen LogP contribution in [-0.4, -0.2) is 52.1 Å². The number of carboxylic acid groups (broad SMARTS) is 1. The van der Waals surface area contributed by atoms with Crippen LogP contribution in [0.2, 0.25) is 0 Å². The van der Waals surface area contributed by atoms with Crippen LogP contribution in [0.25, 0.3) is 11.3 Å². The molecule has 0 spiro atoms. The second kappa shape index (κ2) is 8.02. The van der Waals surface area contributed by atoms with E-state index in [1.54, 1.807) is 23.0 Å². The third kappa shape index (κ3) is 4.51. The number of amides is 1. The minimum atomic E-state index is -1.09. The van der Waals surface area contributed by atoms with Crippen molar-refractivity contribution in [1.82, 2.24) is 14.7 Å². The Kier molecular flexibility index (Phi) is 5.55. The van der Waals surface area contributed by atoms with Crippen molar-refractivity contribution in [2.45, 2.75) is 19.3 Å². The minimum absolute atomic E-state index is 0.507. The number of benzene rings is 1. The van der Waals surface area contributed by atoms with Crippen LogP contribution in [0.1, 0.15) is 19.3 Å². The molecular formula is C18H24N4O3. The van der Waals surface area contributed by atoms with Crippen LogP contribution in [0.15, 0.2) is 30.5 Å². The number of rotatable bonds is 6. The van der Waals surface area contributed by atoms with Gasteiger partial charge in [0, 0.05) is 31.0 Å². The van der Waals surface area contributed by atoms with E-state index < -0.39 is 6.09 Å². The second-order valence-electron chi connectivity index (χ2n) is 6.23. The van der Waals surface area contributed by atoms with Crippen LogP contribution in [0.5, 0.6) is 5.75 Å². The molecule has 25 heavy (non-hydrogen) atoms. The number of aryl methyl sites for hydroxylation is 1. The van der Waals surface area contributed by atoms with Gasteiger partial charge < -0.3 is 9.84 Å². The highest BCUT2D eigenvalue weighted by Gasteiger charge is 2.14. The first-order valence-electron chi connectivity index (χ1n) is 8.61. The zero-order valence-electron chi connectivity index (χ0n) is 14.4. The predicted octanol–water partition coefficient (Wildman–Crippen LogP) is 3.04. The predicted molar refractivity (Wildman–Crippen MR) is 96.1 cm³/mol. The molecule has 1 aromatic heterocycles. The lowest BCUT2D eigenvalue weighted by Gasteiger charge is -2.26. The topological polar surface area (TPSA) is 79.6 Å². The van der Waals surface area contributed by atoms with Gasteiger partial charge in [0.15, 0.2) is 0 Å². The lowest BCUT2D eigenvalue weighted by atomic mass is 10.1. The zero-order valence-corrected chi connectivity index (χ0v) is 14.4. The van der Waals surface area contributed by atoms with Gasteiger partial charge >= 0.3 is 6.09 Å². The van der Waals surface area contributed by atoms with Crippen molar-refractivity contribution < 1.29 is 14.6 Å². The van der Waals surface area contributed by atoms with Gasteiger partial charge in [0.25, 0.3) is 0 Å². The van der Waals surface area contributed by atoms with Crippen LogP contribution in [0, 0.1) is 0 Å². The molecule has 2 heterocycles. The number of nitrogens with zero attached hydrogens (tertiary/aromatic N) is 3. The highest BCUT2D eigenvalue weighted by Crippen LogP contribution is 2.32. The summed E-state index contributed by atoms with van der Waals surface area (Å²) in [5, 5.41) is 15.5. The normalized spacial score (nSPS) is 15.1. The third-order valence-corrected chi connectivity index (χ3v) is 4.44. The molecule has 2 aromatic rings. The highest BCUT2D eigenvalue weighted by molar-refractivity contribution is 5.85. The highest BCUT2D eigenvalue weighted by atomic mass is 16.5. The lowest BCUT2D eigenvalue weighted by Crippen LogP contribution is -2.33. The maximum absolute atomic E-state index is 10.9. The maximum atomic E-state index is 10.9. The first kappa shape index (κ1) is 17.3. The Hall–Kier alpha value is -2.54. The van der Waals surface area contributed by atoms with Gasteiger partial charge in [-0.05, 0) is 50.2 Å². The van der Waals surface area contributed by atoms with Crippen molar-refractivity contribution in [3.8, 4) is 17.0 Å². The number of hydrogen-bond acceptors (Lipinski definition) is 4. The number of aromatic nitrogens is 2. The van der Waals surface area contributed by atoms with E-state index in [-0.39, 0.29) is 0 Å². The smallest absolute Gasteiger partial charge is 0.409 e. The molecule has 0 atom stereocenters. The summed E-state index contributed by atoms with van der Waals surface area (Å²) in [7, 11) is 1.85. The van der Waals surface area contributed by atoms with Crippen LogP contribution in [-0.2, 0) is 7.05 Å². The van der Waals surface area contributed by atoms with Crippen LogP contribution >= 0.6 is 0 Å². The van der Waals surface area contributed by atoms with Crippen molar-refractivity contribution in [2.24, 2.45) is 7.05 Å². The minimum Gasteiger partial charge on any atom is -0.492 e. The monoisotopic (exact) mass is 344 g/mol. The zero-order chi connectivity index (χ0) is 17.6. The number of anilines is 1. The molecule has 0 bridgehead atoms. The van der Waals surface area contributed by atoms with E-state index in [1.807, 2.05) is 19.2 Å². The van der Waals surface area contributed by atoms with Crippen LogP contribution in [0.4, 0.5) is 10.5 Å². The number of nitrogens with one attached hydrogen (secondary N) is 1. The van der Waals surface area contributed by atoms with E-state index in [4.69, 9.17) is 9.84 Å². The number of piperidine rings is 1. The Balaban J connectivity index is 1.75. The van der Waals surface area contributed by atoms with E-state index in [0.717, 1.165) is 36.6 Å². The van der Waals surface area contributed by atoms with E-state index in [1.165, 1.54) is 19.3 Å². The average molecular weight is 344 g/mol. The summed E-state index contributed by atoms with van der Waals surface area (Å²) >= 11 is 0. The Bertz CT molecular complexity index is 723. The maximum Gasteiger partial charge on any atom is 0.409 e. The first-order valence-corrected chi connectivity index (χ1v) is 8.61. The van der Waals surface area contributed by atoms with E-state index in [2.05, 4.69) is 15.3 Å². The summed E-state index contributed by atoms with van der Waals surface area (Å²) < 4.78 is 7.77. The van der Waals surface area contributed by atoms with Crippen LogP contribution < -0.4 is 10.1 Å². The van der Waals surface area contributed by atoms with Crippen molar-refractivity contribution >= 4 is 11.8 Å². The van der Waals surface area contributed by atoms with Gasteiger partial charge in [-0.2, -0.15) is 5.10 Å². The van der Waals surface area contributed by atoms with Gasteiger partial charge in [0.2, 0.25) is 0 Å². The molecule has 7 heteroatoms. The fourth-order valence-electron chi connectivity index (χ4n) is 3.16. The van der Waals surface area contributed by atoms with Crippen molar-refractivity contribution in [2.75, 3.05) is 31.6 Å². The van der Waals surface area contributed by atoms with Gasteiger partial charge in [0.1, 0.15) is 12.4 Å². The third-order valence-electron chi connectivity index (χ3n) is 4.44. The summed E-state index contributed by atoms with van der Waals surface area (Å²) in [6, 6.07) is 7.19. The van der Waals surface area contributed by atoms with Crippen molar-refractivity contribution in [3.63, 3.8) is 0 Å². The Labute approximate surface area is 147 Å². The van der Waals surface area contributed by atoms with E-state index in [9.17, 15) is 4.79 Å². The van der Waals surface area contributed by atoms with Gasteiger partial charge in [-0.15, -0.1) is 0 Å². The number of hydrogen-bond donors (Lipinski definition) is 2. The number of likely N-dealkylation sites (tertiary alicyclic amines) is 1.